The Morgan fingerprint density at radius 3 is 2.04 bits per heavy atom. The van der Waals surface area contributed by atoms with Crippen LogP contribution in [0.4, 0.5) is 22.0 Å². The molecule has 0 aliphatic heterocycles. The van der Waals surface area contributed by atoms with Gasteiger partial charge in [-0.05, 0) is 24.0 Å². The molecule has 1 N–H and O–H groups in total. The normalized spacial score (nSPS) is 13.3. The van der Waals surface area contributed by atoms with Crippen molar-refractivity contribution in [3.8, 4) is 0 Å². The van der Waals surface area contributed by atoms with Crippen molar-refractivity contribution in [2.45, 2.75) is 44.2 Å². The van der Waals surface area contributed by atoms with Crippen molar-refractivity contribution < 1.29 is 40.3 Å². The number of hydrogen-bond donors (Lipinski definition) is 1. The molecule has 0 amide bonds. The zero-order valence-electron chi connectivity index (χ0n) is 13.6. The van der Waals surface area contributed by atoms with Gasteiger partial charge in [0.1, 0.15) is 0 Å². The third kappa shape index (κ3) is 4.10. The lowest BCUT2D eigenvalue weighted by atomic mass is 9.98. The topological polar surface area (TPSA) is 71.4 Å². The molecule has 0 bridgehead atoms. The first-order chi connectivity index (χ1) is 11.2. The van der Waals surface area contributed by atoms with Gasteiger partial charge in [0.2, 0.25) is 0 Å². The average Bonchev–Trinajstić information content (AvgIpc) is 2.42. The van der Waals surface area contributed by atoms with Crippen LogP contribution >= 0.6 is 0 Å². The van der Waals surface area contributed by atoms with E-state index in [0.717, 1.165) is 0 Å². The highest BCUT2D eigenvalue weighted by Crippen LogP contribution is 2.47. The first-order valence-electron chi connectivity index (χ1n) is 7.23. The molecule has 0 radical (unpaired) electrons. The van der Waals surface area contributed by atoms with Gasteiger partial charge in [-0.2, -0.15) is 22.0 Å². The fourth-order valence-electron chi connectivity index (χ4n) is 2.46. The second kappa shape index (κ2) is 6.89. The van der Waals surface area contributed by atoms with Crippen LogP contribution in [0.3, 0.4) is 0 Å². The van der Waals surface area contributed by atoms with Gasteiger partial charge in [0.25, 0.3) is 0 Å². The number of aromatic carboxylic acids is 1. The highest BCUT2D eigenvalue weighted by Gasteiger charge is 2.60. The van der Waals surface area contributed by atoms with E-state index in [1.807, 2.05) is 0 Å². The molecular weight excluding hydrogens is 371 g/mol. The van der Waals surface area contributed by atoms with Gasteiger partial charge < -0.3 is 5.11 Å². The van der Waals surface area contributed by atoms with Crippen LogP contribution in [0.5, 0.6) is 0 Å². The highest BCUT2D eigenvalue weighted by atomic mass is 32.2. The molecule has 25 heavy (non-hydrogen) atoms. The van der Waals surface area contributed by atoms with Gasteiger partial charge in [-0.15, -0.1) is 0 Å². The molecule has 0 saturated carbocycles. The van der Waals surface area contributed by atoms with E-state index in [2.05, 4.69) is 0 Å². The second-order valence-electron chi connectivity index (χ2n) is 5.87. The molecule has 10 heteroatoms. The maximum atomic E-state index is 13.9. The molecule has 0 aliphatic rings. The summed E-state index contributed by atoms with van der Waals surface area (Å²) in [5.74, 6) is -8.30. The molecule has 1 aromatic carbocycles. The number of sulfone groups is 1. The lowest BCUT2D eigenvalue weighted by Gasteiger charge is -2.25. The maximum absolute atomic E-state index is 13.9. The van der Waals surface area contributed by atoms with E-state index < -0.39 is 61.2 Å². The van der Waals surface area contributed by atoms with Crippen LogP contribution in [0.1, 0.15) is 42.3 Å². The molecule has 0 saturated heterocycles. The Kier molecular flexibility index (Phi) is 5.88. The van der Waals surface area contributed by atoms with Gasteiger partial charge in [0.15, 0.2) is 9.84 Å². The second-order valence-corrected chi connectivity index (χ2v) is 7.85. The molecule has 4 nitrogen and oxygen atoms in total. The first kappa shape index (κ1) is 21.3. The summed E-state index contributed by atoms with van der Waals surface area (Å²) in [6, 6.07) is 0.799. The predicted octanol–water partition coefficient (Wildman–Crippen LogP) is 4.03. The molecule has 0 heterocycles. The van der Waals surface area contributed by atoms with Gasteiger partial charge >= 0.3 is 18.1 Å². The number of benzene rings is 1. The number of carbonyl (C=O) groups is 1. The molecule has 142 valence electrons. The Morgan fingerprint density at radius 2 is 1.68 bits per heavy atom. The molecule has 0 atom stereocenters. The number of rotatable bonds is 6. The third-order valence-electron chi connectivity index (χ3n) is 3.40. The molecule has 0 aliphatic carbocycles. The number of alkyl halides is 5. The summed E-state index contributed by atoms with van der Waals surface area (Å²) in [6.45, 7) is 4.18. The Morgan fingerprint density at radius 1 is 1.16 bits per heavy atom. The largest absolute Gasteiger partial charge is 0.478 e. The Labute approximate surface area is 141 Å². The van der Waals surface area contributed by atoms with E-state index in [1.54, 1.807) is 0 Å². The lowest BCUT2D eigenvalue weighted by molar-refractivity contribution is -0.290. The molecule has 0 unspecified atom stereocenters. The smallest absolute Gasteiger partial charge is 0.458 e. The minimum atomic E-state index is -6.02. The van der Waals surface area contributed by atoms with Crippen molar-refractivity contribution in [2.75, 3.05) is 5.75 Å². The van der Waals surface area contributed by atoms with Crippen molar-refractivity contribution in [1.29, 1.82) is 0 Å². The molecule has 0 fully saturated rings. The number of hydrogen-bond acceptors (Lipinski definition) is 3. The number of halogens is 5. The third-order valence-corrected chi connectivity index (χ3v) is 5.60. The Hall–Kier alpha value is -1.71. The molecule has 1 aromatic rings. The zero-order valence-corrected chi connectivity index (χ0v) is 14.4. The fourth-order valence-corrected chi connectivity index (χ4v) is 4.66. The summed E-state index contributed by atoms with van der Waals surface area (Å²) in [6.07, 6.45) is -6.36. The van der Waals surface area contributed by atoms with Gasteiger partial charge in [0, 0.05) is 5.56 Å². The summed E-state index contributed by atoms with van der Waals surface area (Å²) in [5.41, 5.74) is -2.93. The van der Waals surface area contributed by atoms with Crippen molar-refractivity contribution >= 4 is 15.8 Å². The number of carboxylic acids is 1. The lowest BCUT2D eigenvalue weighted by Crippen LogP contribution is -2.36. The summed E-state index contributed by atoms with van der Waals surface area (Å²) in [4.78, 5) is 9.99. The standard InChI is InChI=1S/C15H17F5O4S/c1-4-9-10(13(21)22)5-6-11(14(16,17)15(18,19)20)12(9)25(23,24)7-8(2)3/h5-6,8H,4,7H2,1-3H3,(H,21,22). The van der Waals surface area contributed by atoms with Gasteiger partial charge in [0.05, 0.1) is 16.2 Å². The van der Waals surface area contributed by atoms with Crippen molar-refractivity contribution in [2.24, 2.45) is 5.92 Å². The van der Waals surface area contributed by atoms with Crippen molar-refractivity contribution in [1.82, 2.24) is 0 Å². The van der Waals surface area contributed by atoms with Crippen molar-refractivity contribution in [3.05, 3.63) is 28.8 Å². The highest BCUT2D eigenvalue weighted by molar-refractivity contribution is 7.91. The quantitative estimate of drug-likeness (QED) is 0.747. The summed E-state index contributed by atoms with van der Waals surface area (Å²) >= 11 is 0. The van der Waals surface area contributed by atoms with Gasteiger partial charge in [-0.1, -0.05) is 26.8 Å². The van der Waals surface area contributed by atoms with Crippen LogP contribution in [0.25, 0.3) is 0 Å². The predicted molar refractivity (Wildman–Crippen MR) is 79.6 cm³/mol. The zero-order chi connectivity index (χ0) is 19.8. The minimum Gasteiger partial charge on any atom is -0.478 e. The minimum absolute atomic E-state index is 0.226. The summed E-state index contributed by atoms with van der Waals surface area (Å²) in [5, 5.41) is 9.12. The summed E-state index contributed by atoms with van der Waals surface area (Å²) < 4.78 is 91.2. The van der Waals surface area contributed by atoms with Gasteiger partial charge in [-0.25, -0.2) is 13.2 Å². The van der Waals surface area contributed by atoms with Crippen LogP contribution in [0.15, 0.2) is 17.0 Å². The van der Waals surface area contributed by atoms with Gasteiger partial charge in [-0.3, -0.25) is 0 Å². The van der Waals surface area contributed by atoms with Crippen LogP contribution in [-0.4, -0.2) is 31.4 Å². The summed E-state index contributed by atoms with van der Waals surface area (Å²) in [7, 11) is -4.58. The SMILES string of the molecule is CCc1c(C(=O)O)ccc(C(F)(F)C(F)(F)F)c1S(=O)(=O)CC(C)C. The monoisotopic (exact) mass is 388 g/mol. The Bertz CT molecular complexity index is 767. The van der Waals surface area contributed by atoms with E-state index in [0.29, 0.717) is 6.07 Å². The van der Waals surface area contributed by atoms with E-state index in [-0.39, 0.29) is 12.5 Å². The van der Waals surface area contributed by atoms with Crippen LogP contribution in [0, 0.1) is 5.92 Å². The van der Waals surface area contributed by atoms with E-state index >= 15 is 0 Å². The van der Waals surface area contributed by atoms with E-state index in [1.165, 1.54) is 20.8 Å². The first-order valence-corrected chi connectivity index (χ1v) is 8.89. The number of carboxylic acid groups (broad SMARTS) is 1. The molecule has 0 aromatic heterocycles. The average molecular weight is 388 g/mol. The molecular formula is C15H17F5O4S. The fraction of sp³-hybridized carbons (Fsp3) is 0.533. The van der Waals surface area contributed by atoms with Crippen molar-refractivity contribution in [3.63, 3.8) is 0 Å². The Balaban J connectivity index is 3.97. The van der Waals surface area contributed by atoms with Crippen LogP contribution < -0.4 is 0 Å². The maximum Gasteiger partial charge on any atom is 0.458 e. The van der Waals surface area contributed by atoms with E-state index in [4.69, 9.17) is 5.11 Å². The molecule has 0 spiro atoms. The molecule has 1 rings (SSSR count). The van der Waals surface area contributed by atoms with Crippen LogP contribution in [-0.2, 0) is 22.2 Å². The van der Waals surface area contributed by atoms with E-state index in [9.17, 15) is 35.2 Å². The van der Waals surface area contributed by atoms with Crippen LogP contribution in [0.2, 0.25) is 0 Å².